The maximum atomic E-state index is 12.3. The van der Waals surface area contributed by atoms with Gasteiger partial charge in [0.1, 0.15) is 5.60 Å². The molecule has 0 heterocycles. The Morgan fingerprint density at radius 2 is 1.91 bits per heavy atom. The fraction of sp³-hybridized carbons (Fsp3) is 0.500. The first kappa shape index (κ1) is 20.4. The van der Waals surface area contributed by atoms with Gasteiger partial charge in [-0.1, -0.05) is 15.9 Å². The molecule has 9 heteroatoms. The highest BCUT2D eigenvalue weighted by Gasteiger charge is 2.21. The Morgan fingerprint density at radius 1 is 1.30 bits per heavy atom. The van der Waals surface area contributed by atoms with Gasteiger partial charge < -0.3 is 9.64 Å². The highest BCUT2D eigenvalue weighted by molar-refractivity contribution is 9.11. The number of nitrogens with zero attached hydrogens (tertiary/aromatic N) is 1. The van der Waals surface area contributed by atoms with Crippen LogP contribution in [-0.4, -0.2) is 45.1 Å². The van der Waals surface area contributed by atoms with Crippen LogP contribution in [-0.2, 0) is 14.8 Å². The zero-order valence-electron chi connectivity index (χ0n) is 13.4. The second-order valence-electron chi connectivity index (χ2n) is 5.87. The van der Waals surface area contributed by atoms with Crippen molar-refractivity contribution in [1.82, 2.24) is 9.62 Å². The molecule has 0 atom stereocenters. The Balaban J connectivity index is 2.62. The van der Waals surface area contributed by atoms with Gasteiger partial charge in [-0.2, -0.15) is 0 Å². The molecule has 0 saturated carbocycles. The molecule has 0 aliphatic rings. The lowest BCUT2D eigenvalue weighted by atomic mass is 10.2. The van der Waals surface area contributed by atoms with E-state index in [4.69, 9.17) is 4.74 Å². The minimum atomic E-state index is -3.66. The molecule has 1 amide bonds. The monoisotopic (exact) mass is 470 g/mol. The molecule has 0 unspecified atom stereocenters. The standard InChI is InChI=1S/C14H20Br2N2O4S/c1-14(2,3)22-13(19)18(4)8-7-17-23(20,21)12-6-5-10(15)9-11(12)16/h5-6,9,17H,7-8H2,1-4H3. The summed E-state index contributed by atoms with van der Waals surface area (Å²) in [5, 5.41) is 0. The molecule has 1 aromatic carbocycles. The number of amides is 1. The Labute approximate surface area is 153 Å². The summed E-state index contributed by atoms with van der Waals surface area (Å²) in [6.07, 6.45) is -0.499. The number of likely N-dealkylation sites (N-methyl/N-ethyl adjacent to an activating group) is 1. The summed E-state index contributed by atoms with van der Waals surface area (Å²) in [4.78, 5) is 13.3. The molecule has 6 nitrogen and oxygen atoms in total. The van der Waals surface area contributed by atoms with Gasteiger partial charge in [-0.25, -0.2) is 17.9 Å². The second-order valence-corrected chi connectivity index (χ2v) is 9.38. The number of ether oxygens (including phenoxy) is 1. The quantitative estimate of drug-likeness (QED) is 0.714. The van der Waals surface area contributed by atoms with Crippen LogP contribution in [0.5, 0.6) is 0 Å². The van der Waals surface area contributed by atoms with Gasteiger partial charge >= 0.3 is 6.09 Å². The number of carbonyl (C=O) groups excluding carboxylic acids is 1. The zero-order chi connectivity index (χ0) is 17.8. The van der Waals surface area contributed by atoms with Crippen molar-refractivity contribution in [1.29, 1.82) is 0 Å². The fourth-order valence-corrected chi connectivity index (χ4v) is 4.31. The average Bonchev–Trinajstić information content (AvgIpc) is 2.35. The summed E-state index contributed by atoms with van der Waals surface area (Å²) in [6, 6.07) is 4.79. The van der Waals surface area contributed by atoms with E-state index in [9.17, 15) is 13.2 Å². The molecule has 1 rings (SSSR count). The maximum Gasteiger partial charge on any atom is 0.410 e. The van der Waals surface area contributed by atoms with E-state index in [2.05, 4.69) is 36.6 Å². The first-order valence-corrected chi connectivity index (χ1v) is 9.88. The first-order chi connectivity index (χ1) is 10.4. The molecule has 1 aromatic rings. The van der Waals surface area contributed by atoms with Gasteiger partial charge in [-0.15, -0.1) is 0 Å². The van der Waals surface area contributed by atoms with E-state index in [1.165, 1.54) is 11.0 Å². The van der Waals surface area contributed by atoms with E-state index in [0.717, 1.165) is 4.47 Å². The van der Waals surface area contributed by atoms with Gasteiger partial charge in [0, 0.05) is 29.1 Å². The van der Waals surface area contributed by atoms with Gasteiger partial charge in [0.25, 0.3) is 0 Å². The molecule has 130 valence electrons. The molecule has 0 radical (unpaired) electrons. The van der Waals surface area contributed by atoms with Crippen LogP contribution < -0.4 is 4.72 Å². The van der Waals surface area contributed by atoms with Gasteiger partial charge in [0.15, 0.2) is 0 Å². The molecule has 0 aliphatic carbocycles. The molecule has 0 aromatic heterocycles. The number of halogens is 2. The molecule has 0 spiro atoms. The molecular formula is C14H20Br2N2O4S. The molecule has 23 heavy (non-hydrogen) atoms. The van der Waals surface area contributed by atoms with E-state index in [-0.39, 0.29) is 18.0 Å². The van der Waals surface area contributed by atoms with E-state index in [1.807, 2.05) is 0 Å². The summed E-state index contributed by atoms with van der Waals surface area (Å²) in [6.45, 7) is 5.59. The van der Waals surface area contributed by atoms with Crippen molar-refractivity contribution < 1.29 is 17.9 Å². The number of hydrogen-bond acceptors (Lipinski definition) is 4. The zero-order valence-corrected chi connectivity index (χ0v) is 17.4. The van der Waals surface area contributed by atoms with Gasteiger partial charge in [0.05, 0.1) is 4.90 Å². The van der Waals surface area contributed by atoms with E-state index in [0.29, 0.717) is 4.47 Å². The van der Waals surface area contributed by atoms with Gasteiger partial charge in [-0.05, 0) is 54.9 Å². The van der Waals surface area contributed by atoms with Crippen LogP contribution in [0, 0.1) is 0 Å². The Bertz CT molecular complexity index is 672. The summed E-state index contributed by atoms with van der Waals surface area (Å²) in [5.74, 6) is 0. The molecule has 0 aliphatic heterocycles. The largest absolute Gasteiger partial charge is 0.444 e. The van der Waals surface area contributed by atoms with Crippen LogP contribution in [0.1, 0.15) is 20.8 Å². The Hall–Kier alpha value is -0.640. The number of nitrogens with one attached hydrogen (secondary N) is 1. The third-order valence-corrected chi connectivity index (χ3v) is 5.56. The van der Waals surface area contributed by atoms with Crippen LogP contribution in [0.4, 0.5) is 4.79 Å². The Morgan fingerprint density at radius 3 is 2.43 bits per heavy atom. The van der Waals surface area contributed by atoms with Crippen molar-refractivity contribution in [3.8, 4) is 0 Å². The van der Waals surface area contributed by atoms with Crippen LogP contribution >= 0.6 is 31.9 Å². The highest BCUT2D eigenvalue weighted by atomic mass is 79.9. The summed E-state index contributed by atoms with van der Waals surface area (Å²) < 4.78 is 33.4. The second kappa shape index (κ2) is 7.96. The molecule has 1 N–H and O–H groups in total. The number of benzene rings is 1. The lowest BCUT2D eigenvalue weighted by Gasteiger charge is -2.24. The van der Waals surface area contributed by atoms with E-state index < -0.39 is 21.7 Å². The highest BCUT2D eigenvalue weighted by Crippen LogP contribution is 2.25. The normalized spacial score (nSPS) is 12.1. The van der Waals surface area contributed by atoms with Crippen molar-refractivity contribution in [2.24, 2.45) is 0 Å². The van der Waals surface area contributed by atoms with Gasteiger partial charge in [0.2, 0.25) is 10.0 Å². The minimum Gasteiger partial charge on any atom is -0.444 e. The fourth-order valence-electron chi connectivity index (χ4n) is 1.55. The summed E-state index contributed by atoms with van der Waals surface area (Å²) >= 11 is 6.50. The topological polar surface area (TPSA) is 75.7 Å². The smallest absolute Gasteiger partial charge is 0.410 e. The summed E-state index contributed by atoms with van der Waals surface area (Å²) in [5.41, 5.74) is -0.590. The number of sulfonamides is 1. The predicted octanol–water partition coefficient (Wildman–Crippen LogP) is 3.36. The van der Waals surface area contributed by atoms with Crippen LogP contribution in [0.3, 0.4) is 0 Å². The number of rotatable bonds is 5. The van der Waals surface area contributed by atoms with Crippen molar-refractivity contribution in [2.75, 3.05) is 20.1 Å². The molecule has 0 fully saturated rings. The molecule has 0 bridgehead atoms. The van der Waals surface area contributed by atoms with E-state index >= 15 is 0 Å². The number of hydrogen-bond donors (Lipinski definition) is 1. The molecular weight excluding hydrogens is 452 g/mol. The lowest BCUT2D eigenvalue weighted by molar-refractivity contribution is 0.0302. The maximum absolute atomic E-state index is 12.3. The number of carbonyl (C=O) groups is 1. The average molecular weight is 472 g/mol. The first-order valence-electron chi connectivity index (χ1n) is 6.81. The van der Waals surface area contributed by atoms with Crippen molar-refractivity contribution >= 4 is 48.0 Å². The minimum absolute atomic E-state index is 0.0839. The SMILES string of the molecule is CN(CCNS(=O)(=O)c1ccc(Br)cc1Br)C(=O)OC(C)(C)C. The predicted molar refractivity (Wildman–Crippen MR) is 95.9 cm³/mol. The summed E-state index contributed by atoms with van der Waals surface area (Å²) in [7, 11) is -2.11. The van der Waals surface area contributed by atoms with Crippen molar-refractivity contribution in [3.63, 3.8) is 0 Å². The van der Waals surface area contributed by atoms with Crippen LogP contribution in [0.15, 0.2) is 32.0 Å². The third-order valence-electron chi connectivity index (χ3n) is 2.63. The molecule has 0 saturated heterocycles. The van der Waals surface area contributed by atoms with E-state index in [1.54, 1.807) is 40.0 Å². The third kappa shape index (κ3) is 6.78. The van der Waals surface area contributed by atoms with Crippen molar-refractivity contribution in [2.45, 2.75) is 31.3 Å². The van der Waals surface area contributed by atoms with Crippen LogP contribution in [0.2, 0.25) is 0 Å². The van der Waals surface area contributed by atoms with Crippen LogP contribution in [0.25, 0.3) is 0 Å². The Kier molecular flexibility index (Phi) is 7.06. The van der Waals surface area contributed by atoms with Gasteiger partial charge in [-0.3, -0.25) is 0 Å². The van der Waals surface area contributed by atoms with Crippen molar-refractivity contribution in [3.05, 3.63) is 27.1 Å². The lowest BCUT2D eigenvalue weighted by Crippen LogP contribution is -2.39.